The molecule has 1 amide bonds. The van der Waals surface area contributed by atoms with Gasteiger partial charge in [-0.25, -0.2) is 0 Å². The Morgan fingerprint density at radius 3 is 2.00 bits per heavy atom. The molecule has 4 nitrogen and oxygen atoms in total. The molecule has 2 aromatic carbocycles. The molecule has 1 aromatic heterocycles. The van der Waals surface area contributed by atoms with E-state index in [4.69, 9.17) is 0 Å². The first-order valence-electron chi connectivity index (χ1n) is 8.97. The number of benzene rings is 2. The van der Waals surface area contributed by atoms with Crippen molar-refractivity contribution >= 4 is 5.91 Å². The molecule has 26 heavy (non-hydrogen) atoms. The molecular weight excluding hydrogens is 322 g/mol. The summed E-state index contributed by atoms with van der Waals surface area (Å²) in [7, 11) is 1.93. The molecule has 0 saturated heterocycles. The van der Waals surface area contributed by atoms with Crippen molar-refractivity contribution in [2.75, 3.05) is 0 Å². The number of carbonyl (C=O) groups is 1. The molecule has 0 bridgehead atoms. The van der Waals surface area contributed by atoms with Gasteiger partial charge in [0.2, 0.25) is 5.91 Å². The molecule has 132 valence electrons. The first kappa shape index (κ1) is 16.6. The number of fused-ring (bicyclic) bond motifs is 3. The van der Waals surface area contributed by atoms with Crippen LogP contribution in [0, 0.1) is 13.8 Å². The van der Waals surface area contributed by atoms with Crippen LogP contribution in [0.25, 0.3) is 11.1 Å². The fourth-order valence-electron chi connectivity index (χ4n) is 3.82. The number of aromatic nitrogens is 2. The molecule has 1 aliphatic rings. The number of nitrogens with zero attached hydrogens (tertiary/aromatic N) is 3. The normalized spacial score (nSPS) is 13.1. The van der Waals surface area contributed by atoms with E-state index >= 15 is 0 Å². The maximum Gasteiger partial charge on any atom is 0.227 e. The van der Waals surface area contributed by atoms with Crippen molar-refractivity contribution in [1.29, 1.82) is 0 Å². The van der Waals surface area contributed by atoms with Crippen molar-refractivity contribution in [3.63, 3.8) is 0 Å². The van der Waals surface area contributed by atoms with E-state index in [1.54, 1.807) is 0 Å². The van der Waals surface area contributed by atoms with Gasteiger partial charge in [0, 0.05) is 31.4 Å². The lowest BCUT2D eigenvalue weighted by Gasteiger charge is -2.21. The highest BCUT2D eigenvalue weighted by molar-refractivity contribution is 5.81. The Balaban J connectivity index is 1.69. The maximum atomic E-state index is 13.1. The Morgan fingerprint density at radius 1 is 0.962 bits per heavy atom. The largest absolute Gasteiger partial charge is 0.334 e. The van der Waals surface area contributed by atoms with Crippen LogP contribution in [0.3, 0.4) is 0 Å². The Bertz CT molecular complexity index is 939. The molecule has 0 radical (unpaired) electrons. The van der Waals surface area contributed by atoms with Crippen LogP contribution < -0.4 is 0 Å². The lowest BCUT2D eigenvalue weighted by Crippen LogP contribution is -2.31. The second-order valence-electron chi connectivity index (χ2n) is 7.01. The van der Waals surface area contributed by atoms with Crippen LogP contribution >= 0.6 is 0 Å². The summed E-state index contributed by atoms with van der Waals surface area (Å²) in [5.74, 6) is 0.149. The highest BCUT2D eigenvalue weighted by Gasteiger charge is 2.24. The van der Waals surface area contributed by atoms with E-state index in [1.165, 1.54) is 22.3 Å². The molecular formula is C22H23N3O. The van der Waals surface area contributed by atoms with Crippen LogP contribution in [0.2, 0.25) is 0 Å². The van der Waals surface area contributed by atoms with Crippen LogP contribution in [0.5, 0.6) is 0 Å². The number of carbonyl (C=O) groups excluding carboxylic acids is 1. The van der Waals surface area contributed by atoms with Gasteiger partial charge in [-0.2, -0.15) is 5.10 Å². The summed E-state index contributed by atoms with van der Waals surface area (Å²) in [5, 5.41) is 4.45. The van der Waals surface area contributed by atoms with E-state index in [1.807, 2.05) is 42.6 Å². The highest BCUT2D eigenvalue weighted by atomic mass is 16.2. The molecule has 2 heterocycles. The minimum absolute atomic E-state index is 0.149. The highest BCUT2D eigenvalue weighted by Crippen LogP contribution is 2.32. The number of aryl methyl sites for hydroxylation is 2. The topological polar surface area (TPSA) is 38.1 Å². The van der Waals surface area contributed by atoms with Crippen LogP contribution in [-0.2, 0) is 31.4 Å². The van der Waals surface area contributed by atoms with Gasteiger partial charge in [0.1, 0.15) is 0 Å². The Kier molecular flexibility index (Phi) is 4.11. The third-order valence-electron chi connectivity index (χ3n) is 5.39. The molecule has 4 heteroatoms. The van der Waals surface area contributed by atoms with Crippen LogP contribution in [0.15, 0.2) is 48.5 Å². The average Bonchev–Trinajstić information content (AvgIpc) is 2.81. The lowest BCUT2D eigenvalue weighted by molar-refractivity contribution is -0.131. The van der Waals surface area contributed by atoms with Crippen LogP contribution in [0.4, 0.5) is 0 Å². The monoisotopic (exact) mass is 345 g/mol. The zero-order chi connectivity index (χ0) is 18.3. The standard InChI is InChI=1S/C22H23N3O/c1-15-21(16(2)24(3)23-15)12-22(26)25-13-17-8-4-6-10-19(17)20-11-7-5-9-18(20)14-25/h4-11H,12-14H2,1-3H3. The Hall–Kier alpha value is -2.88. The van der Waals surface area contributed by atoms with Crippen LogP contribution in [-0.4, -0.2) is 20.6 Å². The SMILES string of the molecule is Cc1nn(C)c(C)c1CC(=O)N1Cc2ccccc2-c2ccccc2C1. The first-order chi connectivity index (χ1) is 12.5. The minimum Gasteiger partial charge on any atom is -0.334 e. The van der Waals surface area contributed by atoms with Gasteiger partial charge in [-0.3, -0.25) is 9.48 Å². The van der Waals surface area contributed by atoms with E-state index in [-0.39, 0.29) is 5.91 Å². The summed E-state index contributed by atoms with van der Waals surface area (Å²) in [4.78, 5) is 15.1. The molecule has 0 saturated carbocycles. The minimum atomic E-state index is 0.149. The van der Waals surface area contributed by atoms with Crippen molar-refractivity contribution in [2.24, 2.45) is 7.05 Å². The molecule has 0 aliphatic carbocycles. The summed E-state index contributed by atoms with van der Waals surface area (Å²) in [6, 6.07) is 16.8. The molecule has 4 rings (SSSR count). The average molecular weight is 345 g/mol. The molecule has 0 fully saturated rings. The smallest absolute Gasteiger partial charge is 0.227 e. The fraction of sp³-hybridized carbons (Fsp3) is 0.273. The molecule has 0 spiro atoms. The van der Waals surface area contributed by atoms with Crippen molar-refractivity contribution in [3.8, 4) is 11.1 Å². The Morgan fingerprint density at radius 2 is 1.50 bits per heavy atom. The van der Waals surface area contributed by atoms with Crippen molar-refractivity contribution < 1.29 is 4.79 Å². The van der Waals surface area contributed by atoms with Gasteiger partial charge < -0.3 is 4.90 Å². The van der Waals surface area contributed by atoms with E-state index in [0.717, 1.165) is 17.0 Å². The summed E-state index contributed by atoms with van der Waals surface area (Å²) in [5.41, 5.74) is 7.90. The Labute approximate surface area is 154 Å². The molecule has 1 aliphatic heterocycles. The summed E-state index contributed by atoms with van der Waals surface area (Å²) >= 11 is 0. The van der Waals surface area contributed by atoms with Crippen molar-refractivity contribution in [3.05, 3.63) is 76.6 Å². The summed E-state index contributed by atoms with van der Waals surface area (Å²) < 4.78 is 1.85. The molecule has 3 aromatic rings. The van der Waals surface area contributed by atoms with Gasteiger partial charge in [-0.05, 0) is 36.1 Å². The fourth-order valence-corrected chi connectivity index (χ4v) is 3.82. The van der Waals surface area contributed by atoms with Gasteiger partial charge in [0.15, 0.2) is 0 Å². The third kappa shape index (κ3) is 2.81. The number of amides is 1. The summed E-state index contributed by atoms with van der Waals surface area (Å²) in [6.45, 7) is 5.28. The molecule has 0 N–H and O–H groups in total. The quantitative estimate of drug-likeness (QED) is 0.709. The second-order valence-corrected chi connectivity index (χ2v) is 7.01. The van der Waals surface area contributed by atoms with E-state index in [2.05, 4.69) is 41.5 Å². The van der Waals surface area contributed by atoms with Crippen LogP contribution in [0.1, 0.15) is 28.1 Å². The zero-order valence-electron chi connectivity index (χ0n) is 15.5. The number of rotatable bonds is 2. The van der Waals surface area contributed by atoms with Gasteiger partial charge in [0.05, 0.1) is 12.1 Å². The van der Waals surface area contributed by atoms with E-state index < -0.39 is 0 Å². The van der Waals surface area contributed by atoms with Crippen molar-refractivity contribution in [1.82, 2.24) is 14.7 Å². The van der Waals surface area contributed by atoms with Gasteiger partial charge in [-0.15, -0.1) is 0 Å². The third-order valence-corrected chi connectivity index (χ3v) is 5.39. The lowest BCUT2D eigenvalue weighted by atomic mass is 9.97. The maximum absolute atomic E-state index is 13.1. The first-order valence-corrected chi connectivity index (χ1v) is 8.97. The zero-order valence-corrected chi connectivity index (χ0v) is 15.5. The van der Waals surface area contributed by atoms with Crippen molar-refractivity contribution in [2.45, 2.75) is 33.4 Å². The number of hydrogen-bond acceptors (Lipinski definition) is 2. The predicted molar refractivity (Wildman–Crippen MR) is 103 cm³/mol. The molecule has 0 atom stereocenters. The van der Waals surface area contributed by atoms with Gasteiger partial charge >= 0.3 is 0 Å². The van der Waals surface area contributed by atoms with E-state index in [0.29, 0.717) is 19.5 Å². The predicted octanol–water partition coefficient (Wildman–Crippen LogP) is 3.79. The van der Waals surface area contributed by atoms with Gasteiger partial charge in [-0.1, -0.05) is 48.5 Å². The second kappa shape index (κ2) is 6.45. The molecule has 0 unspecified atom stereocenters. The number of hydrogen-bond donors (Lipinski definition) is 0. The van der Waals surface area contributed by atoms with Gasteiger partial charge in [0.25, 0.3) is 0 Å². The summed E-state index contributed by atoms with van der Waals surface area (Å²) in [6.07, 6.45) is 0.399. The van der Waals surface area contributed by atoms with E-state index in [9.17, 15) is 4.79 Å².